The molecule has 3 aromatic rings. The van der Waals surface area contributed by atoms with Crippen molar-refractivity contribution < 1.29 is 14.3 Å². The average molecular weight is 329 g/mol. The van der Waals surface area contributed by atoms with E-state index in [4.69, 9.17) is 4.74 Å². The van der Waals surface area contributed by atoms with Gasteiger partial charge in [0.1, 0.15) is 10.4 Å². The summed E-state index contributed by atoms with van der Waals surface area (Å²) in [5.41, 5.74) is 1.17. The van der Waals surface area contributed by atoms with Gasteiger partial charge in [-0.3, -0.25) is 9.78 Å². The monoisotopic (exact) mass is 329 g/mol. The van der Waals surface area contributed by atoms with Crippen LogP contribution in [-0.4, -0.2) is 24.5 Å². The normalized spacial score (nSPS) is 10.7. The highest BCUT2D eigenvalue weighted by Gasteiger charge is 2.16. The Morgan fingerprint density at radius 2 is 2.13 bits per heavy atom. The summed E-state index contributed by atoms with van der Waals surface area (Å²) in [6.07, 6.45) is 3.61. The van der Waals surface area contributed by atoms with Crippen LogP contribution in [0.5, 0.6) is 5.75 Å². The van der Waals surface area contributed by atoms with E-state index in [1.165, 1.54) is 11.3 Å². The third kappa shape index (κ3) is 3.24. The maximum absolute atomic E-state index is 12.2. The van der Waals surface area contributed by atoms with Crippen molar-refractivity contribution in [1.82, 2.24) is 10.3 Å². The van der Waals surface area contributed by atoms with E-state index in [1.54, 1.807) is 43.8 Å². The third-order valence-electron chi connectivity index (χ3n) is 3.41. The van der Waals surface area contributed by atoms with Crippen LogP contribution in [0.4, 0.5) is 0 Å². The number of pyridine rings is 1. The molecule has 7 heteroatoms. The average Bonchev–Trinajstić information content (AvgIpc) is 2.91. The highest BCUT2D eigenvalue weighted by molar-refractivity contribution is 7.18. The smallest absolute Gasteiger partial charge is 0.251 e. The van der Waals surface area contributed by atoms with Gasteiger partial charge in [0.05, 0.1) is 13.5 Å². The van der Waals surface area contributed by atoms with E-state index < -0.39 is 0 Å². The van der Waals surface area contributed by atoms with Crippen molar-refractivity contribution in [2.45, 2.75) is 6.42 Å². The first-order chi connectivity index (χ1) is 11.2. The maximum Gasteiger partial charge on any atom is 0.251 e. The number of thiazole rings is 1. The molecule has 0 bridgehead atoms. The first-order valence-corrected chi connectivity index (χ1v) is 7.88. The summed E-state index contributed by atoms with van der Waals surface area (Å²) >= 11 is 1.41. The first kappa shape index (κ1) is 15.2. The quantitative estimate of drug-likeness (QED) is 0.573. The number of methoxy groups -OCH3 is 1. The molecule has 0 saturated carbocycles. The lowest BCUT2D eigenvalue weighted by Gasteiger charge is -2.03. The van der Waals surface area contributed by atoms with Crippen molar-refractivity contribution in [3.63, 3.8) is 0 Å². The molecule has 118 valence electrons. The van der Waals surface area contributed by atoms with Crippen LogP contribution >= 0.6 is 11.3 Å². The predicted molar refractivity (Wildman–Crippen MR) is 87.6 cm³/mol. The van der Waals surface area contributed by atoms with Gasteiger partial charge < -0.3 is 15.3 Å². The summed E-state index contributed by atoms with van der Waals surface area (Å²) in [5, 5.41) is 15.7. The van der Waals surface area contributed by atoms with E-state index in [0.717, 1.165) is 15.2 Å². The number of amides is 1. The number of nitrogens with zero attached hydrogens (tertiary/aromatic N) is 2. The number of ether oxygens (including phenoxy) is 1. The Bertz CT molecular complexity index is 833. The molecule has 0 aliphatic carbocycles. The van der Waals surface area contributed by atoms with E-state index >= 15 is 0 Å². The molecule has 0 saturated heterocycles. The Balaban J connectivity index is 1.67. The van der Waals surface area contributed by atoms with Gasteiger partial charge in [0.15, 0.2) is 0 Å². The number of aromatic nitrogens is 2. The Labute approximate surface area is 136 Å². The standard InChI is InChI=1S/C16H15N3O3S/c1-22-12-2-3-13-14(10-12)23-15(19(13)21)6-9-18-16(20)11-4-7-17-8-5-11/h2-5,7-8,10H,6,9H2,1H3,(H,18,20). The minimum atomic E-state index is -0.173. The topological polar surface area (TPSA) is 78.2 Å². The molecule has 0 aliphatic heterocycles. The van der Waals surface area contributed by atoms with Crippen LogP contribution in [0.1, 0.15) is 15.4 Å². The lowest BCUT2D eigenvalue weighted by molar-refractivity contribution is -0.580. The molecule has 0 atom stereocenters. The van der Waals surface area contributed by atoms with Crippen molar-refractivity contribution in [1.29, 1.82) is 0 Å². The Morgan fingerprint density at radius 1 is 1.35 bits per heavy atom. The maximum atomic E-state index is 12.2. The van der Waals surface area contributed by atoms with Gasteiger partial charge in [0, 0.05) is 36.6 Å². The number of benzene rings is 1. The third-order valence-corrected chi connectivity index (χ3v) is 4.56. The molecule has 2 heterocycles. The van der Waals surface area contributed by atoms with Gasteiger partial charge in [0.25, 0.3) is 10.9 Å². The molecule has 3 rings (SSSR count). The van der Waals surface area contributed by atoms with Crippen LogP contribution in [-0.2, 0) is 6.42 Å². The molecule has 6 nitrogen and oxygen atoms in total. The van der Waals surface area contributed by atoms with Crippen molar-refractivity contribution in [3.05, 3.63) is 58.5 Å². The minimum absolute atomic E-state index is 0.173. The zero-order valence-electron chi connectivity index (χ0n) is 12.5. The Hall–Kier alpha value is -2.67. The van der Waals surface area contributed by atoms with Gasteiger partial charge >= 0.3 is 0 Å². The van der Waals surface area contributed by atoms with E-state index in [2.05, 4.69) is 10.3 Å². The fraction of sp³-hybridized carbons (Fsp3) is 0.188. The number of fused-ring (bicyclic) bond motifs is 1. The van der Waals surface area contributed by atoms with Crippen molar-refractivity contribution in [2.75, 3.05) is 13.7 Å². The lowest BCUT2D eigenvalue weighted by Crippen LogP contribution is -2.32. The number of carbonyl (C=O) groups excluding carboxylic acids is 1. The summed E-state index contributed by atoms with van der Waals surface area (Å²) in [6, 6.07) is 8.65. The Kier molecular flexibility index (Phi) is 4.38. The second-order valence-electron chi connectivity index (χ2n) is 4.87. The van der Waals surface area contributed by atoms with Gasteiger partial charge in [-0.15, -0.1) is 0 Å². The molecule has 1 aromatic carbocycles. The summed E-state index contributed by atoms with van der Waals surface area (Å²) < 4.78 is 6.95. The second kappa shape index (κ2) is 6.62. The van der Waals surface area contributed by atoms with Gasteiger partial charge in [-0.25, -0.2) is 0 Å². The summed E-state index contributed by atoms with van der Waals surface area (Å²) in [5.74, 6) is 0.546. The van der Waals surface area contributed by atoms with Crippen molar-refractivity contribution in [3.8, 4) is 5.75 Å². The van der Waals surface area contributed by atoms with Crippen LogP contribution in [0.2, 0.25) is 0 Å². The SMILES string of the molecule is COc1ccc2c(c1)sc(CCNC(=O)c1ccncc1)[n+]2[O-]. The van der Waals surface area contributed by atoms with E-state index in [0.29, 0.717) is 29.1 Å². The molecule has 0 fully saturated rings. The molecule has 2 aromatic heterocycles. The number of hydrogen-bond acceptors (Lipinski definition) is 5. The lowest BCUT2D eigenvalue weighted by atomic mass is 10.2. The van der Waals surface area contributed by atoms with Gasteiger partial charge in [-0.05, 0) is 18.2 Å². The number of rotatable bonds is 5. The van der Waals surface area contributed by atoms with Crippen molar-refractivity contribution in [2.24, 2.45) is 0 Å². The first-order valence-electron chi connectivity index (χ1n) is 7.06. The van der Waals surface area contributed by atoms with Gasteiger partial charge in [0.2, 0.25) is 5.52 Å². The minimum Gasteiger partial charge on any atom is -0.617 e. The fourth-order valence-electron chi connectivity index (χ4n) is 2.21. The second-order valence-corrected chi connectivity index (χ2v) is 5.98. The number of hydrogen-bond donors (Lipinski definition) is 1. The number of nitrogens with one attached hydrogen (secondary N) is 1. The molecular weight excluding hydrogens is 314 g/mol. The molecule has 1 amide bonds. The van der Waals surface area contributed by atoms with Gasteiger partial charge in [-0.2, -0.15) is 4.73 Å². The molecule has 0 unspecified atom stereocenters. The molecule has 0 spiro atoms. The summed E-state index contributed by atoms with van der Waals surface area (Å²) in [4.78, 5) is 15.8. The van der Waals surface area contributed by atoms with Crippen LogP contribution in [0.15, 0.2) is 42.7 Å². The Morgan fingerprint density at radius 3 is 2.87 bits per heavy atom. The molecule has 23 heavy (non-hydrogen) atoms. The van der Waals surface area contributed by atoms with Crippen LogP contribution in [0, 0.1) is 5.21 Å². The highest BCUT2D eigenvalue weighted by Crippen LogP contribution is 2.25. The fourth-order valence-corrected chi connectivity index (χ4v) is 3.28. The largest absolute Gasteiger partial charge is 0.617 e. The van der Waals surface area contributed by atoms with E-state index in [1.807, 2.05) is 6.07 Å². The molecule has 0 aliphatic rings. The van der Waals surface area contributed by atoms with E-state index in [-0.39, 0.29) is 5.91 Å². The highest BCUT2D eigenvalue weighted by atomic mass is 32.1. The predicted octanol–water partition coefficient (Wildman–Crippen LogP) is 1.91. The summed E-state index contributed by atoms with van der Waals surface area (Å²) in [7, 11) is 1.59. The van der Waals surface area contributed by atoms with E-state index in [9.17, 15) is 10.0 Å². The molecular formula is C16H15N3O3S. The molecule has 0 radical (unpaired) electrons. The molecule has 1 N–H and O–H groups in total. The van der Waals surface area contributed by atoms with Crippen LogP contribution in [0.25, 0.3) is 10.2 Å². The van der Waals surface area contributed by atoms with Crippen LogP contribution in [0.3, 0.4) is 0 Å². The summed E-state index contributed by atoms with van der Waals surface area (Å²) in [6.45, 7) is 0.396. The van der Waals surface area contributed by atoms with Gasteiger partial charge in [-0.1, -0.05) is 11.3 Å². The van der Waals surface area contributed by atoms with Crippen molar-refractivity contribution >= 4 is 27.5 Å². The number of carbonyl (C=O) groups is 1. The zero-order valence-corrected chi connectivity index (χ0v) is 13.3. The van der Waals surface area contributed by atoms with Crippen LogP contribution < -0.4 is 14.8 Å². The zero-order chi connectivity index (χ0) is 16.2.